The largest absolute Gasteiger partial charge is 0.490 e. The van der Waals surface area contributed by atoms with E-state index in [0.29, 0.717) is 36.8 Å². The Morgan fingerprint density at radius 3 is 2.78 bits per heavy atom. The summed E-state index contributed by atoms with van der Waals surface area (Å²) in [5.74, 6) is 1.11. The normalized spacial score (nSPS) is 9.70. The quantitative estimate of drug-likeness (QED) is 0.758. The number of amides is 1. The molecule has 0 aliphatic heterocycles. The summed E-state index contributed by atoms with van der Waals surface area (Å²) in [5.41, 5.74) is 0. The van der Waals surface area contributed by atoms with Crippen molar-refractivity contribution >= 4 is 11.7 Å². The molecule has 1 N–H and O–H groups in total. The molecule has 118 valence electrons. The number of nitrogens with zero attached hydrogens (tertiary/aromatic N) is 2. The lowest BCUT2D eigenvalue weighted by Crippen LogP contribution is -2.21. The molecule has 1 heterocycles. The van der Waals surface area contributed by atoms with Gasteiger partial charge in [-0.2, -0.15) is 5.26 Å². The van der Waals surface area contributed by atoms with Crippen molar-refractivity contribution in [2.24, 2.45) is 0 Å². The number of hydrogen-bond donors (Lipinski definition) is 1. The lowest BCUT2D eigenvalue weighted by Gasteiger charge is -2.11. The van der Waals surface area contributed by atoms with Crippen molar-refractivity contribution < 1.29 is 14.3 Å². The summed E-state index contributed by atoms with van der Waals surface area (Å²) >= 11 is 0. The van der Waals surface area contributed by atoms with Crippen molar-refractivity contribution in [3.63, 3.8) is 0 Å². The molecule has 0 spiro atoms. The molecule has 0 atom stereocenters. The lowest BCUT2D eigenvalue weighted by molar-refractivity contribution is -0.118. The Bertz CT molecular complexity index is 668. The molecule has 0 aliphatic carbocycles. The molecule has 0 radical (unpaired) electrons. The predicted octanol–water partition coefficient (Wildman–Crippen LogP) is 2.78. The second-order valence-corrected chi connectivity index (χ2v) is 4.61. The highest BCUT2D eigenvalue weighted by Gasteiger charge is 2.09. The van der Waals surface area contributed by atoms with Gasteiger partial charge in [0.05, 0.1) is 12.7 Å². The number of ether oxygens (including phenoxy) is 2. The Kier molecular flexibility index (Phi) is 6.42. The van der Waals surface area contributed by atoms with Crippen LogP contribution in [-0.2, 0) is 4.79 Å². The number of rotatable bonds is 8. The minimum atomic E-state index is -0.325. The molecule has 0 saturated carbocycles. The zero-order valence-corrected chi connectivity index (χ0v) is 12.6. The van der Waals surface area contributed by atoms with Gasteiger partial charge in [-0.3, -0.25) is 4.79 Å². The van der Waals surface area contributed by atoms with Gasteiger partial charge < -0.3 is 14.8 Å². The van der Waals surface area contributed by atoms with Crippen molar-refractivity contribution in [1.82, 2.24) is 4.98 Å². The van der Waals surface area contributed by atoms with Gasteiger partial charge in [-0.25, -0.2) is 4.98 Å². The molecule has 0 bridgehead atoms. The zero-order chi connectivity index (χ0) is 16.3. The average Bonchev–Trinajstić information content (AvgIpc) is 2.59. The van der Waals surface area contributed by atoms with E-state index >= 15 is 0 Å². The number of nitrogens with one attached hydrogen (secondary N) is 1. The Hall–Kier alpha value is -3.07. The second kappa shape index (κ2) is 9.05. The molecule has 6 heteroatoms. The number of benzene rings is 1. The summed E-state index contributed by atoms with van der Waals surface area (Å²) in [7, 11) is 0. The Morgan fingerprint density at radius 1 is 1.17 bits per heavy atom. The van der Waals surface area contributed by atoms with Gasteiger partial charge in [0.25, 0.3) is 5.91 Å². The number of hydrogen-bond acceptors (Lipinski definition) is 5. The van der Waals surface area contributed by atoms with Crippen molar-refractivity contribution in [3.05, 3.63) is 48.7 Å². The van der Waals surface area contributed by atoms with Crippen LogP contribution in [-0.4, -0.2) is 24.1 Å². The van der Waals surface area contributed by atoms with Gasteiger partial charge in [0.1, 0.15) is 5.75 Å². The molecular formula is C17H17N3O3. The average molecular weight is 311 g/mol. The van der Waals surface area contributed by atoms with Crippen LogP contribution >= 0.6 is 0 Å². The lowest BCUT2D eigenvalue weighted by atomic mass is 10.3. The zero-order valence-electron chi connectivity index (χ0n) is 12.6. The Labute approximate surface area is 134 Å². The molecule has 1 amide bonds. The maximum atomic E-state index is 11.9. The first-order valence-electron chi connectivity index (χ1n) is 7.22. The Balaban J connectivity index is 1.86. The number of anilines is 1. The van der Waals surface area contributed by atoms with Gasteiger partial charge in [0.2, 0.25) is 0 Å². The fourth-order valence-electron chi connectivity index (χ4n) is 1.77. The minimum Gasteiger partial charge on any atom is -0.490 e. The van der Waals surface area contributed by atoms with Crippen LogP contribution in [0.3, 0.4) is 0 Å². The third kappa shape index (κ3) is 5.67. The highest BCUT2D eigenvalue weighted by Crippen LogP contribution is 2.21. The number of aromatic nitrogens is 1. The molecule has 23 heavy (non-hydrogen) atoms. The Morgan fingerprint density at radius 2 is 2.00 bits per heavy atom. The van der Waals surface area contributed by atoms with E-state index in [4.69, 9.17) is 14.7 Å². The van der Waals surface area contributed by atoms with Gasteiger partial charge in [-0.1, -0.05) is 18.2 Å². The molecule has 0 saturated heterocycles. The smallest absolute Gasteiger partial charge is 0.263 e. The minimum absolute atomic E-state index is 0.117. The summed E-state index contributed by atoms with van der Waals surface area (Å²) in [6.45, 7) is 0.275. The number of carbonyl (C=O) groups excluding carboxylic acids is 1. The van der Waals surface area contributed by atoms with E-state index in [0.717, 1.165) is 0 Å². The summed E-state index contributed by atoms with van der Waals surface area (Å²) in [4.78, 5) is 16.0. The standard InChI is InChI=1S/C17H17N3O3/c18-10-4-5-12-22-15-9-6-11-19-17(15)20-16(21)13-23-14-7-2-1-3-8-14/h1-3,6-9,11H,4-5,12-13H2,(H,19,20,21). The highest BCUT2D eigenvalue weighted by molar-refractivity contribution is 5.92. The first kappa shape index (κ1) is 16.3. The van der Waals surface area contributed by atoms with E-state index in [2.05, 4.69) is 16.4 Å². The summed E-state index contributed by atoms with van der Waals surface area (Å²) < 4.78 is 10.9. The van der Waals surface area contributed by atoms with Crippen LogP contribution in [0.1, 0.15) is 12.8 Å². The number of unbranched alkanes of at least 4 members (excludes halogenated alkanes) is 1. The van der Waals surface area contributed by atoms with Gasteiger partial charge in [-0.15, -0.1) is 0 Å². The van der Waals surface area contributed by atoms with Crippen LogP contribution in [0, 0.1) is 11.3 Å². The SMILES string of the molecule is N#CCCCOc1cccnc1NC(=O)COc1ccccc1. The highest BCUT2D eigenvalue weighted by atomic mass is 16.5. The van der Waals surface area contributed by atoms with Crippen molar-refractivity contribution in [3.8, 4) is 17.6 Å². The first-order valence-corrected chi connectivity index (χ1v) is 7.22. The fourth-order valence-corrected chi connectivity index (χ4v) is 1.77. The van der Waals surface area contributed by atoms with Crippen LogP contribution in [0.5, 0.6) is 11.5 Å². The van der Waals surface area contributed by atoms with Crippen LogP contribution in [0.15, 0.2) is 48.7 Å². The molecule has 0 fully saturated rings. The van der Waals surface area contributed by atoms with Crippen molar-refractivity contribution in [2.75, 3.05) is 18.5 Å². The van der Waals surface area contributed by atoms with E-state index in [1.807, 2.05) is 18.2 Å². The summed E-state index contributed by atoms with van der Waals surface area (Å²) in [5, 5.41) is 11.2. The third-order valence-corrected chi connectivity index (χ3v) is 2.83. The second-order valence-electron chi connectivity index (χ2n) is 4.61. The summed E-state index contributed by atoms with van der Waals surface area (Å²) in [6.07, 6.45) is 2.61. The summed E-state index contributed by atoms with van der Waals surface area (Å²) in [6, 6.07) is 14.6. The van der Waals surface area contributed by atoms with Crippen LogP contribution in [0.4, 0.5) is 5.82 Å². The monoisotopic (exact) mass is 311 g/mol. The topological polar surface area (TPSA) is 84.2 Å². The molecular weight excluding hydrogens is 294 g/mol. The van der Waals surface area contributed by atoms with Gasteiger partial charge in [-0.05, 0) is 30.7 Å². The molecule has 6 nitrogen and oxygen atoms in total. The molecule has 2 aromatic rings. The predicted molar refractivity (Wildman–Crippen MR) is 85.1 cm³/mol. The molecule has 1 aromatic heterocycles. The number of nitriles is 1. The van der Waals surface area contributed by atoms with Crippen LogP contribution < -0.4 is 14.8 Å². The molecule has 0 unspecified atom stereocenters. The molecule has 0 aliphatic rings. The first-order chi connectivity index (χ1) is 11.3. The van der Waals surface area contributed by atoms with E-state index in [1.165, 1.54) is 0 Å². The van der Waals surface area contributed by atoms with Crippen molar-refractivity contribution in [2.45, 2.75) is 12.8 Å². The van der Waals surface area contributed by atoms with E-state index in [1.54, 1.807) is 30.5 Å². The third-order valence-electron chi connectivity index (χ3n) is 2.83. The maximum absolute atomic E-state index is 11.9. The fraction of sp³-hybridized carbons (Fsp3) is 0.235. The number of carbonyl (C=O) groups is 1. The number of para-hydroxylation sites is 1. The van der Waals surface area contributed by atoms with Crippen LogP contribution in [0.2, 0.25) is 0 Å². The van der Waals surface area contributed by atoms with Crippen LogP contribution in [0.25, 0.3) is 0 Å². The van der Waals surface area contributed by atoms with E-state index in [-0.39, 0.29) is 12.5 Å². The van der Waals surface area contributed by atoms with E-state index < -0.39 is 0 Å². The van der Waals surface area contributed by atoms with Gasteiger partial charge in [0, 0.05) is 12.6 Å². The van der Waals surface area contributed by atoms with Gasteiger partial charge >= 0.3 is 0 Å². The maximum Gasteiger partial charge on any atom is 0.263 e. The van der Waals surface area contributed by atoms with Crippen molar-refractivity contribution in [1.29, 1.82) is 5.26 Å². The van der Waals surface area contributed by atoms with E-state index in [9.17, 15) is 4.79 Å². The molecule has 2 rings (SSSR count). The molecule has 1 aromatic carbocycles. The van der Waals surface area contributed by atoms with Gasteiger partial charge in [0.15, 0.2) is 18.2 Å². The number of pyridine rings is 1.